The third-order valence-electron chi connectivity index (χ3n) is 4.52. The monoisotopic (exact) mass is 467 g/mol. The molecule has 0 fully saturated rings. The van der Waals surface area contributed by atoms with Crippen molar-refractivity contribution < 1.29 is 32.2 Å². The molecule has 2 N–H and O–H groups in total. The van der Waals surface area contributed by atoms with Crippen LogP contribution in [0.15, 0.2) is 42.5 Å². The maximum absolute atomic E-state index is 13.1. The van der Waals surface area contributed by atoms with Gasteiger partial charge in [-0.3, -0.25) is 14.5 Å². The summed E-state index contributed by atoms with van der Waals surface area (Å²) in [7, 11) is 0. The van der Waals surface area contributed by atoms with Crippen molar-refractivity contribution in [2.75, 3.05) is 43.5 Å². The van der Waals surface area contributed by atoms with Crippen molar-refractivity contribution in [2.24, 2.45) is 0 Å². The van der Waals surface area contributed by atoms with Gasteiger partial charge in [-0.15, -0.1) is 0 Å². The first-order valence-electron chi connectivity index (χ1n) is 10.6. The minimum atomic E-state index is -4.59. The fraction of sp³-hybridized carbons (Fsp3) is 0.391. The van der Waals surface area contributed by atoms with Gasteiger partial charge >= 0.3 is 6.18 Å². The Morgan fingerprint density at radius 3 is 2.06 bits per heavy atom. The summed E-state index contributed by atoms with van der Waals surface area (Å²) in [4.78, 5) is 26.5. The number of ether oxygens (including phenoxy) is 2. The summed E-state index contributed by atoms with van der Waals surface area (Å²) in [6, 6.07) is 9.79. The number of nitrogens with one attached hydrogen (secondary N) is 2. The Bertz CT molecular complexity index is 951. The van der Waals surface area contributed by atoms with E-state index in [-0.39, 0.29) is 18.8 Å². The van der Waals surface area contributed by atoms with E-state index >= 15 is 0 Å². The number of para-hydroxylation sites is 1. The summed E-state index contributed by atoms with van der Waals surface area (Å²) >= 11 is 0. The minimum Gasteiger partial charge on any atom is -0.494 e. The second kappa shape index (κ2) is 12.1. The van der Waals surface area contributed by atoms with Gasteiger partial charge in [0.25, 0.3) is 0 Å². The molecule has 0 unspecified atom stereocenters. The molecule has 0 aromatic heterocycles. The number of anilines is 2. The predicted octanol–water partition coefficient (Wildman–Crippen LogP) is 4.40. The number of benzene rings is 2. The number of alkyl halides is 3. The average Bonchev–Trinajstić information content (AvgIpc) is 2.75. The molecule has 2 rings (SSSR count). The molecule has 2 amide bonds. The number of nitrogens with zero attached hydrogens (tertiary/aromatic N) is 1. The zero-order chi connectivity index (χ0) is 24.4. The molecular formula is C23H28F3N3O4. The molecule has 0 aliphatic carbocycles. The molecule has 0 spiro atoms. The van der Waals surface area contributed by atoms with E-state index in [4.69, 9.17) is 9.47 Å². The lowest BCUT2D eigenvalue weighted by Gasteiger charge is -2.21. The molecule has 180 valence electrons. The highest BCUT2D eigenvalue weighted by atomic mass is 19.4. The molecular weight excluding hydrogens is 439 g/mol. The molecule has 0 aliphatic heterocycles. The van der Waals surface area contributed by atoms with E-state index in [1.165, 1.54) is 23.1 Å². The first kappa shape index (κ1) is 26.0. The predicted molar refractivity (Wildman–Crippen MR) is 120 cm³/mol. The molecule has 0 heterocycles. The van der Waals surface area contributed by atoms with E-state index in [9.17, 15) is 22.8 Å². The second-order valence-corrected chi connectivity index (χ2v) is 6.97. The van der Waals surface area contributed by atoms with Crippen LogP contribution in [0.3, 0.4) is 0 Å². The van der Waals surface area contributed by atoms with Crippen LogP contribution < -0.4 is 20.1 Å². The molecule has 2 aromatic rings. The second-order valence-electron chi connectivity index (χ2n) is 6.97. The van der Waals surface area contributed by atoms with E-state index in [0.29, 0.717) is 36.9 Å². The van der Waals surface area contributed by atoms with Gasteiger partial charge in [-0.25, -0.2) is 0 Å². The van der Waals surface area contributed by atoms with E-state index in [1.807, 2.05) is 13.8 Å². The largest absolute Gasteiger partial charge is 0.494 e. The van der Waals surface area contributed by atoms with Crippen molar-refractivity contribution in [1.29, 1.82) is 0 Å². The third kappa shape index (κ3) is 7.98. The lowest BCUT2D eigenvalue weighted by atomic mass is 10.1. The Balaban J connectivity index is 2.03. The lowest BCUT2D eigenvalue weighted by molar-refractivity contribution is -0.137. The van der Waals surface area contributed by atoms with Crippen LogP contribution in [0.2, 0.25) is 0 Å². The summed E-state index contributed by atoms with van der Waals surface area (Å²) < 4.78 is 50.4. The van der Waals surface area contributed by atoms with Crippen molar-refractivity contribution in [3.63, 3.8) is 0 Å². The Morgan fingerprint density at radius 1 is 0.879 bits per heavy atom. The van der Waals surface area contributed by atoms with Gasteiger partial charge in [0.2, 0.25) is 11.8 Å². The maximum atomic E-state index is 13.1. The molecule has 0 saturated carbocycles. The third-order valence-corrected chi connectivity index (χ3v) is 4.52. The summed E-state index contributed by atoms with van der Waals surface area (Å²) in [6.45, 7) is 6.19. The van der Waals surface area contributed by atoms with Gasteiger partial charge in [0.1, 0.15) is 11.5 Å². The zero-order valence-corrected chi connectivity index (χ0v) is 18.8. The van der Waals surface area contributed by atoms with Gasteiger partial charge in [0, 0.05) is 6.07 Å². The van der Waals surface area contributed by atoms with Gasteiger partial charge in [0.15, 0.2) is 0 Å². The Kier molecular flexibility index (Phi) is 9.53. The molecule has 7 nitrogen and oxygen atoms in total. The number of likely N-dealkylation sites (N-methyl/N-ethyl adjacent to an activating group) is 1. The van der Waals surface area contributed by atoms with Crippen LogP contribution in [0.4, 0.5) is 24.5 Å². The molecule has 0 saturated heterocycles. The fourth-order valence-electron chi connectivity index (χ4n) is 3.05. The topological polar surface area (TPSA) is 79.9 Å². The molecule has 0 atom stereocenters. The number of halogens is 3. The molecule has 10 heteroatoms. The van der Waals surface area contributed by atoms with E-state index < -0.39 is 23.6 Å². The van der Waals surface area contributed by atoms with Gasteiger partial charge < -0.3 is 20.1 Å². The van der Waals surface area contributed by atoms with E-state index in [2.05, 4.69) is 10.6 Å². The van der Waals surface area contributed by atoms with Crippen molar-refractivity contribution in [3.05, 3.63) is 48.0 Å². The highest BCUT2D eigenvalue weighted by Crippen LogP contribution is 2.34. The molecule has 0 radical (unpaired) electrons. The van der Waals surface area contributed by atoms with Gasteiger partial charge in [0.05, 0.1) is 43.2 Å². The highest BCUT2D eigenvalue weighted by Gasteiger charge is 2.33. The van der Waals surface area contributed by atoms with Crippen LogP contribution in [0.1, 0.15) is 26.3 Å². The SMILES string of the molecule is CCOc1ccc(OCC)c(NC(=O)CN(CC)CC(=O)Nc2ccccc2C(F)(F)F)c1. The summed E-state index contributed by atoms with van der Waals surface area (Å²) in [5, 5.41) is 5.03. The highest BCUT2D eigenvalue weighted by molar-refractivity contribution is 5.96. The van der Waals surface area contributed by atoms with Gasteiger partial charge in [-0.1, -0.05) is 19.1 Å². The Morgan fingerprint density at radius 2 is 1.48 bits per heavy atom. The number of carbonyl (C=O) groups excluding carboxylic acids is 2. The standard InChI is InChI=1S/C23H28F3N3O4/c1-4-29(14-21(30)27-18-10-8-7-9-17(18)23(24,25)26)15-22(31)28-19-13-16(32-5-2)11-12-20(19)33-6-3/h7-13H,4-6,14-15H2,1-3H3,(H,27,30)(H,28,31). The Hall–Kier alpha value is -3.27. The number of carbonyl (C=O) groups is 2. The zero-order valence-electron chi connectivity index (χ0n) is 18.8. The number of hydrogen-bond donors (Lipinski definition) is 2. The van der Waals surface area contributed by atoms with Crippen LogP contribution in [0.5, 0.6) is 11.5 Å². The summed E-state index contributed by atoms with van der Waals surface area (Å²) in [6.07, 6.45) is -4.59. The van der Waals surface area contributed by atoms with E-state index in [1.54, 1.807) is 25.1 Å². The lowest BCUT2D eigenvalue weighted by Crippen LogP contribution is -2.38. The number of amides is 2. The molecule has 2 aromatic carbocycles. The normalized spacial score (nSPS) is 11.2. The van der Waals surface area contributed by atoms with Crippen molar-refractivity contribution >= 4 is 23.2 Å². The van der Waals surface area contributed by atoms with Crippen molar-refractivity contribution in [1.82, 2.24) is 4.90 Å². The smallest absolute Gasteiger partial charge is 0.418 e. The Labute approximate surface area is 190 Å². The molecule has 0 aliphatic rings. The first-order valence-corrected chi connectivity index (χ1v) is 10.6. The number of rotatable bonds is 11. The van der Waals surface area contributed by atoms with Crippen LogP contribution in [0.25, 0.3) is 0 Å². The van der Waals surface area contributed by atoms with Crippen molar-refractivity contribution in [2.45, 2.75) is 26.9 Å². The van der Waals surface area contributed by atoms with Crippen LogP contribution in [-0.2, 0) is 15.8 Å². The fourth-order valence-corrected chi connectivity index (χ4v) is 3.05. The molecule has 33 heavy (non-hydrogen) atoms. The van der Waals surface area contributed by atoms with Crippen molar-refractivity contribution in [3.8, 4) is 11.5 Å². The maximum Gasteiger partial charge on any atom is 0.418 e. The quantitative estimate of drug-likeness (QED) is 0.512. The van der Waals surface area contributed by atoms with Crippen LogP contribution >= 0.6 is 0 Å². The number of hydrogen-bond acceptors (Lipinski definition) is 5. The molecule has 0 bridgehead atoms. The first-order chi connectivity index (χ1) is 15.7. The summed E-state index contributed by atoms with van der Waals surface area (Å²) in [5.41, 5.74) is -0.839. The average molecular weight is 467 g/mol. The van der Waals surface area contributed by atoms with Gasteiger partial charge in [-0.05, 0) is 44.7 Å². The van der Waals surface area contributed by atoms with Gasteiger partial charge in [-0.2, -0.15) is 13.2 Å². The summed E-state index contributed by atoms with van der Waals surface area (Å²) in [5.74, 6) is -0.0326. The van der Waals surface area contributed by atoms with E-state index in [0.717, 1.165) is 6.07 Å². The minimum absolute atomic E-state index is 0.144. The van der Waals surface area contributed by atoms with Crippen LogP contribution in [-0.4, -0.2) is 49.6 Å². The van der Waals surface area contributed by atoms with Crippen LogP contribution in [0, 0.1) is 0 Å².